The molecule has 2 aromatic carbocycles. The molecule has 1 fully saturated rings. The molecular weight excluding hydrogens is 580 g/mol. The fraction of sp³-hybridized carbons (Fsp3) is 0.344. The molecule has 1 unspecified atom stereocenters. The van der Waals surface area contributed by atoms with E-state index in [9.17, 15) is 24.3 Å². The SMILES string of the molecule is CCNC(=O)Nc1cc(C(=O)NC(CC(=O)O)c2cccnc2)ccc1N1CCCN(C(=O)c2ccc(OC)c(OC)c2)CC1. The van der Waals surface area contributed by atoms with E-state index in [1.807, 2.05) is 0 Å². The van der Waals surface area contributed by atoms with Gasteiger partial charge in [0, 0.05) is 56.2 Å². The zero-order valence-electron chi connectivity index (χ0n) is 25.5. The van der Waals surface area contributed by atoms with Crippen molar-refractivity contribution in [1.29, 1.82) is 0 Å². The van der Waals surface area contributed by atoms with Crippen molar-refractivity contribution in [2.75, 3.05) is 57.2 Å². The van der Waals surface area contributed by atoms with Crippen molar-refractivity contribution in [2.45, 2.75) is 25.8 Å². The molecular formula is C32H38N6O7. The maximum absolute atomic E-state index is 13.4. The molecule has 3 aromatic rings. The predicted molar refractivity (Wildman–Crippen MR) is 168 cm³/mol. The number of hydrogen-bond donors (Lipinski definition) is 4. The van der Waals surface area contributed by atoms with Gasteiger partial charge in [0.05, 0.1) is 38.1 Å². The molecule has 13 heteroatoms. The Hall–Kier alpha value is -5.33. The largest absolute Gasteiger partial charge is 0.493 e. The van der Waals surface area contributed by atoms with Crippen LogP contribution in [0.25, 0.3) is 0 Å². The van der Waals surface area contributed by atoms with E-state index in [4.69, 9.17) is 9.47 Å². The highest BCUT2D eigenvalue weighted by Crippen LogP contribution is 2.31. The number of carboxylic acid groups (broad SMARTS) is 1. The summed E-state index contributed by atoms with van der Waals surface area (Å²) < 4.78 is 10.7. The molecule has 4 N–H and O–H groups in total. The van der Waals surface area contributed by atoms with Crippen LogP contribution in [-0.4, -0.2) is 85.7 Å². The molecule has 0 saturated carbocycles. The maximum Gasteiger partial charge on any atom is 0.319 e. The number of aliphatic carboxylic acids is 1. The first kappa shape index (κ1) is 32.6. The molecule has 2 heterocycles. The van der Waals surface area contributed by atoms with Crippen molar-refractivity contribution in [1.82, 2.24) is 20.5 Å². The van der Waals surface area contributed by atoms with Crippen LogP contribution >= 0.6 is 0 Å². The van der Waals surface area contributed by atoms with Gasteiger partial charge in [0.15, 0.2) is 11.5 Å². The topological polar surface area (TPSA) is 162 Å². The molecule has 0 aliphatic carbocycles. The third-order valence-corrected chi connectivity index (χ3v) is 7.37. The lowest BCUT2D eigenvalue weighted by atomic mass is 10.0. The van der Waals surface area contributed by atoms with Gasteiger partial charge in [-0.3, -0.25) is 19.4 Å². The van der Waals surface area contributed by atoms with Crippen molar-refractivity contribution in [3.8, 4) is 11.5 Å². The van der Waals surface area contributed by atoms with Gasteiger partial charge >= 0.3 is 12.0 Å². The molecule has 1 aromatic heterocycles. The molecule has 1 atom stereocenters. The van der Waals surface area contributed by atoms with Crippen molar-refractivity contribution in [3.63, 3.8) is 0 Å². The van der Waals surface area contributed by atoms with E-state index in [1.165, 1.54) is 20.4 Å². The van der Waals surface area contributed by atoms with E-state index in [0.717, 1.165) is 0 Å². The first-order valence-corrected chi connectivity index (χ1v) is 14.6. The number of carbonyl (C=O) groups excluding carboxylic acids is 3. The summed E-state index contributed by atoms with van der Waals surface area (Å²) >= 11 is 0. The summed E-state index contributed by atoms with van der Waals surface area (Å²) in [5.74, 6) is -0.694. The number of aromatic nitrogens is 1. The minimum atomic E-state index is -1.07. The standard InChI is InChI=1S/C32H38N6O7/c1-4-34-32(43)36-25-17-21(30(41)35-24(19-29(39)40)23-7-5-12-33-20-23)8-10-26(25)37-13-6-14-38(16-15-37)31(42)22-9-11-27(44-2)28(18-22)45-3/h5,7-12,17-18,20,24H,4,6,13-16,19H2,1-3H3,(H,35,41)(H,39,40)(H2,34,36,43). The van der Waals surface area contributed by atoms with Crippen LogP contribution in [-0.2, 0) is 4.79 Å². The van der Waals surface area contributed by atoms with Crippen LogP contribution < -0.4 is 30.3 Å². The average Bonchev–Trinajstić information content (AvgIpc) is 3.30. The van der Waals surface area contributed by atoms with Crippen LogP contribution in [0.1, 0.15) is 52.1 Å². The Balaban J connectivity index is 1.55. The molecule has 0 radical (unpaired) electrons. The van der Waals surface area contributed by atoms with Crippen molar-refractivity contribution < 1.29 is 33.8 Å². The number of ether oxygens (including phenoxy) is 2. The number of pyridine rings is 1. The molecule has 0 bridgehead atoms. The van der Waals surface area contributed by atoms with Gasteiger partial charge in [0.2, 0.25) is 0 Å². The Kier molecular flexibility index (Phi) is 11.2. The fourth-order valence-corrected chi connectivity index (χ4v) is 5.14. The van der Waals surface area contributed by atoms with E-state index < -0.39 is 23.9 Å². The van der Waals surface area contributed by atoms with Crippen LogP contribution in [0.5, 0.6) is 11.5 Å². The summed E-state index contributed by atoms with van der Waals surface area (Å²) in [4.78, 5) is 58.7. The first-order valence-electron chi connectivity index (χ1n) is 14.6. The molecule has 1 aliphatic rings. The lowest BCUT2D eigenvalue weighted by molar-refractivity contribution is -0.137. The summed E-state index contributed by atoms with van der Waals surface area (Å²) in [7, 11) is 3.06. The molecule has 1 aliphatic heterocycles. The second-order valence-electron chi connectivity index (χ2n) is 10.3. The number of hydrogen-bond acceptors (Lipinski definition) is 8. The van der Waals surface area contributed by atoms with Crippen LogP contribution in [0.4, 0.5) is 16.2 Å². The molecule has 1 saturated heterocycles. The van der Waals surface area contributed by atoms with Crippen molar-refractivity contribution in [2.24, 2.45) is 0 Å². The average molecular weight is 619 g/mol. The highest BCUT2D eigenvalue weighted by Gasteiger charge is 2.25. The minimum absolute atomic E-state index is 0.130. The molecule has 238 valence electrons. The van der Waals surface area contributed by atoms with E-state index in [-0.39, 0.29) is 17.9 Å². The van der Waals surface area contributed by atoms with Crippen LogP contribution in [0.3, 0.4) is 0 Å². The number of carbonyl (C=O) groups is 4. The number of carboxylic acids is 1. The highest BCUT2D eigenvalue weighted by molar-refractivity contribution is 6.00. The predicted octanol–water partition coefficient (Wildman–Crippen LogP) is 3.54. The summed E-state index contributed by atoms with van der Waals surface area (Å²) in [5, 5.41) is 17.8. The summed E-state index contributed by atoms with van der Waals surface area (Å²) in [6.07, 6.45) is 3.42. The second-order valence-corrected chi connectivity index (χ2v) is 10.3. The number of methoxy groups -OCH3 is 2. The van der Waals surface area contributed by atoms with Crippen LogP contribution in [0.15, 0.2) is 60.9 Å². The van der Waals surface area contributed by atoms with Gasteiger partial charge in [-0.2, -0.15) is 0 Å². The van der Waals surface area contributed by atoms with Gasteiger partial charge in [-0.15, -0.1) is 0 Å². The van der Waals surface area contributed by atoms with Crippen LogP contribution in [0.2, 0.25) is 0 Å². The third-order valence-electron chi connectivity index (χ3n) is 7.37. The fourth-order valence-electron chi connectivity index (χ4n) is 5.14. The number of nitrogens with zero attached hydrogens (tertiary/aromatic N) is 3. The van der Waals surface area contributed by atoms with Crippen LogP contribution in [0, 0.1) is 0 Å². The molecule has 4 amide bonds. The normalized spacial score (nSPS) is 13.7. The number of nitrogens with one attached hydrogen (secondary N) is 3. The third kappa shape index (κ3) is 8.40. The number of amides is 4. The van der Waals surface area contributed by atoms with E-state index in [2.05, 4.69) is 25.8 Å². The Bertz CT molecular complexity index is 1520. The number of benzene rings is 2. The van der Waals surface area contributed by atoms with Gasteiger partial charge in [-0.1, -0.05) is 6.07 Å². The lowest BCUT2D eigenvalue weighted by Crippen LogP contribution is -2.36. The van der Waals surface area contributed by atoms with E-state index >= 15 is 0 Å². The Labute approximate surface area is 261 Å². The quantitative estimate of drug-likeness (QED) is 0.252. The number of anilines is 2. The number of rotatable bonds is 11. The van der Waals surface area contributed by atoms with E-state index in [0.29, 0.717) is 73.1 Å². The minimum Gasteiger partial charge on any atom is -0.493 e. The molecule has 4 rings (SSSR count). The van der Waals surface area contributed by atoms with Crippen molar-refractivity contribution >= 4 is 35.2 Å². The molecule has 13 nitrogen and oxygen atoms in total. The molecule has 0 spiro atoms. The Morgan fingerprint density at radius 3 is 2.42 bits per heavy atom. The van der Waals surface area contributed by atoms with Gasteiger partial charge in [-0.05, 0) is 61.4 Å². The Morgan fingerprint density at radius 2 is 1.73 bits per heavy atom. The molecule has 45 heavy (non-hydrogen) atoms. The van der Waals surface area contributed by atoms with Gasteiger partial charge < -0.3 is 40.3 Å². The zero-order valence-corrected chi connectivity index (χ0v) is 25.5. The Morgan fingerprint density at radius 1 is 0.956 bits per heavy atom. The van der Waals surface area contributed by atoms with Gasteiger partial charge in [0.25, 0.3) is 11.8 Å². The monoisotopic (exact) mass is 618 g/mol. The summed E-state index contributed by atoms with van der Waals surface area (Å²) in [6, 6.07) is 12.2. The number of urea groups is 1. The van der Waals surface area contributed by atoms with E-state index in [1.54, 1.807) is 66.6 Å². The van der Waals surface area contributed by atoms with Gasteiger partial charge in [0.1, 0.15) is 0 Å². The van der Waals surface area contributed by atoms with Gasteiger partial charge in [-0.25, -0.2) is 4.79 Å². The summed E-state index contributed by atoms with van der Waals surface area (Å²) in [5.41, 5.74) is 2.38. The van der Waals surface area contributed by atoms with Crippen molar-refractivity contribution in [3.05, 3.63) is 77.6 Å². The lowest BCUT2D eigenvalue weighted by Gasteiger charge is -2.27. The maximum atomic E-state index is 13.4. The highest BCUT2D eigenvalue weighted by atomic mass is 16.5. The summed E-state index contributed by atoms with van der Waals surface area (Å²) in [6.45, 7) is 4.24. The smallest absolute Gasteiger partial charge is 0.319 e. The zero-order chi connectivity index (χ0) is 32.3. The second kappa shape index (κ2) is 15.4. The first-order chi connectivity index (χ1) is 21.7.